The van der Waals surface area contributed by atoms with E-state index in [1.807, 2.05) is 0 Å². The van der Waals surface area contributed by atoms with Gasteiger partial charge in [-0.3, -0.25) is 0 Å². The van der Waals surface area contributed by atoms with E-state index in [0.29, 0.717) is 24.3 Å². The minimum absolute atomic E-state index is 0.230. The molecule has 1 aromatic rings. The molecule has 1 N–H and O–H groups in total. The van der Waals surface area contributed by atoms with Gasteiger partial charge in [-0.2, -0.15) is 0 Å². The molecule has 110 valence electrons. The van der Waals surface area contributed by atoms with Crippen molar-refractivity contribution in [3.63, 3.8) is 0 Å². The number of ether oxygens (including phenoxy) is 1. The van der Waals surface area contributed by atoms with E-state index >= 15 is 0 Å². The van der Waals surface area contributed by atoms with Gasteiger partial charge in [-0.25, -0.2) is 0 Å². The lowest BCUT2D eigenvalue weighted by molar-refractivity contribution is 0.0962. The minimum atomic E-state index is 0.230. The highest BCUT2D eigenvalue weighted by molar-refractivity contribution is 5.29. The van der Waals surface area contributed by atoms with Gasteiger partial charge in [0, 0.05) is 12.1 Å². The van der Waals surface area contributed by atoms with Gasteiger partial charge >= 0.3 is 0 Å². The highest BCUT2D eigenvalue weighted by atomic mass is 16.5. The number of hydrogen-bond acceptors (Lipinski definition) is 2. The average molecular weight is 273 g/mol. The Bertz CT molecular complexity index is 459. The summed E-state index contributed by atoms with van der Waals surface area (Å²) in [6.45, 7) is 9.04. The van der Waals surface area contributed by atoms with E-state index < -0.39 is 0 Å². The summed E-state index contributed by atoms with van der Waals surface area (Å²) in [5, 5.41) is 3.76. The van der Waals surface area contributed by atoms with Crippen molar-refractivity contribution in [3.8, 4) is 0 Å². The van der Waals surface area contributed by atoms with Crippen LogP contribution in [0.25, 0.3) is 0 Å². The Morgan fingerprint density at radius 3 is 2.35 bits per heavy atom. The van der Waals surface area contributed by atoms with E-state index in [1.165, 1.54) is 30.4 Å². The molecule has 1 aromatic carbocycles. The SMILES string of the molecule is CC(NC1CC2CCC1O2)c1ccc(C(C)(C)C)cc1. The Morgan fingerprint density at radius 1 is 1.15 bits per heavy atom. The molecule has 0 aromatic heterocycles. The van der Waals surface area contributed by atoms with Crippen molar-refractivity contribution < 1.29 is 4.74 Å². The third-order valence-corrected chi connectivity index (χ3v) is 4.85. The third kappa shape index (κ3) is 2.77. The van der Waals surface area contributed by atoms with Crippen LogP contribution >= 0.6 is 0 Å². The number of nitrogens with one attached hydrogen (secondary N) is 1. The van der Waals surface area contributed by atoms with Crippen molar-refractivity contribution in [2.45, 2.75) is 76.7 Å². The molecule has 4 unspecified atom stereocenters. The van der Waals surface area contributed by atoms with Crippen LogP contribution in [0.1, 0.15) is 64.1 Å². The summed E-state index contributed by atoms with van der Waals surface area (Å²) >= 11 is 0. The summed E-state index contributed by atoms with van der Waals surface area (Å²) < 4.78 is 5.92. The van der Waals surface area contributed by atoms with Crippen molar-refractivity contribution in [2.75, 3.05) is 0 Å². The van der Waals surface area contributed by atoms with Crippen LogP contribution in [0.15, 0.2) is 24.3 Å². The van der Waals surface area contributed by atoms with Crippen LogP contribution in [0.2, 0.25) is 0 Å². The minimum Gasteiger partial charge on any atom is -0.373 e. The Hall–Kier alpha value is -0.860. The second kappa shape index (κ2) is 5.16. The number of fused-ring (bicyclic) bond motifs is 2. The summed E-state index contributed by atoms with van der Waals surface area (Å²) in [6, 6.07) is 10.0. The molecule has 2 saturated heterocycles. The molecule has 2 fully saturated rings. The molecule has 3 rings (SSSR count). The molecule has 2 aliphatic rings. The van der Waals surface area contributed by atoms with Crippen LogP contribution in [-0.2, 0) is 10.2 Å². The maximum Gasteiger partial charge on any atom is 0.0733 e. The van der Waals surface area contributed by atoms with Gasteiger partial charge in [-0.15, -0.1) is 0 Å². The molecule has 20 heavy (non-hydrogen) atoms. The van der Waals surface area contributed by atoms with Crippen molar-refractivity contribution in [1.29, 1.82) is 0 Å². The zero-order valence-electron chi connectivity index (χ0n) is 13.1. The zero-order valence-corrected chi connectivity index (χ0v) is 13.1. The van der Waals surface area contributed by atoms with Crippen LogP contribution in [-0.4, -0.2) is 18.2 Å². The molecule has 0 spiro atoms. The Morgan fingerprint density at radius 2 is 1.85 bits per heavy atom. The first kappa shape index (κ1) is 14.1. The second-order valence-electron chi connectivity index (χ2n) is 7.48. The Balaban J connectivity index is 1.64. The lowest BCUT2D eigenvalue weighted by Gasteiger charge is -2.25. The van der Waals surface area contributed by atoms with Crippen LogP contribution in [0.5, 0.6) is 0 Å². The fourth-order valence-electron chi connectivity index (χ4n) is 3.50. The van der Waals surface area contributed by atoms with Crippen LogP contribution < -0.4 is 5.32 Å². The van der Waals surface area contributed by atoms with Crippen molar-refractivity contribution in [3.05, 3.63) is 35.4 Å². The predicted octanol–water partition coefficient (Wildman–Crippen LogP) is 3.95. The van der Waals surface area contributed by atoms with E-state index in [2.05, 4.69) is 57.3 Å². The fourth-order valence-corrected chi connectivity index (χ4v) is 3.50. The molecule has 0 amide bonds. The van der Waals surface area contributed by atoms with E-state index in [0.717, 1.165) is 0 Å². The molecule has 2 bridgehead atoms. The van der Waals surface area contributed by atoms with Crippen LogP contribution in [0.3, 0.4) is 0 Å². The van der Waals surface area contributed by atoms with Gasteiger partial charge in [-0.1, -0.05) is 45.0 Å². The monoisotopic (exact) mass is 273 g/mol. The molecule has 2 heteroatoms. The second-order valence-corrected chi connectivity index (χ2v) is 7.48. The smallest absolute Gasteiger partial charge is 0.0733 e. The molecular weight excluding hydrogens is 246 g/mol. The zero-order chi connectivity index (χ0) is 14.3. The van der Waals surface area contributed by atoms with Crippen molar-refractivity contribution >= 4 is 0 Å². The molecule has 0 radical (unpaired) electrons. The van der Waals surface area contributed by atoms with Crippen molar-refractivity contribution in [1.82, 2.24) is 5.32 Å². The summed E-state index contributed by atoms with van der Waals surface area (Å²) in [4.78, 5) is 0. The highest BCUT2D eigenvalue weighted by Crippen LogP contribution is 2.35. The standard InChI is InChI=1S/C18H27NO/c1-12(19-16-11-15-9-10-17(16)20-15)13-5-7-14(8-6-13)18(2,3)4/h5-8,12,15-17,19H,9-11H2,1-4H3. The van der Waals surface area contributed by atoms with E-state index in [4.69, 9.17) is 4.74 Å². The van der Waals surface area contributed by atoms with Crippen LogP contribution in [0.4, 0.5) is 0 Å². The Kier molecular flexibility index (Phi) is 3.64. The largest absolute Gasteiger partial charge is 0.373 e. The van der Waals surface area contributed by atoms with E-state index in [9.17, 15) is 0 Å². The van der Waals surface area contributed by atoms with Crippen LogP contribution in [0, 0.1) is 0 Å². The predicted molar refractivity (Wildman–Crippen MR) is 83.0 cm³/mol. The molecule has 2 heterocycles. The number of rotatable bonds is 3. The topological polar surface area (TPSA) is 21.3 Å². The van der Waals surface area contributed by atoms with E-state index in [1.54, 1.807) is 0 Å². The summed E-state index contributed by atoms with van der Waals surface area (Å²) in [7, 11) is 0. The number of hydrogen-bond donors (Lipinski definition) is 1. The summed E-state index contributed by atoms with van der Waals surface area (Å²) in [5.41, 5.74) is 3.01. The van der Waals surface area contributed by atoms with Gasteiger partial charge in [0.05, 0.1) is 12.2 Å². The Labute approximate surface area is 122 Å². The molecular formula is C18H27NO. The molecule has 4 atom stereocenters. The molecule has 2 nitrogen and oxygen atoms in total. The third-order valence-electron chi connectivity index (χ3n) is 4.85. The van der Waals surface area contributed by atoms with Gasteiger partial charge in [0.1, 0.15) is 0 Å². The first-order valence-electron chi connectivity index (χ1n) is 7.95. The normalized spacial score (nSPS) is 30.7. The maximum absolute atomic E-state index is 5.92. The quantitative estimate of drug-likeness (QED) is 0.900. The lowest BCUT2D eigenvalue weighted by atomic mass is 9.86. The first-order valence-corrected chi connectivity index (χ1v) is 7.95. The summed E-state index contributed by atoms with van der Waals surface area (Å²) in [6.07, 6.45) is 4.66. The molecule has 0 saturated carbocycles. The van der Waals surface area contributed by atoms with Gasteiger partial charge in [0.2, 0.25) is 0 Å². The first-order chi connectivity index (χ1) is 9.43. The van der Waals surface area contributed by atoms with Gasteiger partial charge < -0.3 is 10.1 Å². The van der Waals surface area contributed by atoms with Gasteiger partial charge in [0.15, 0.2) is 0 Å². The number of benzene rings is 1. The highest BCUT2D eigenvalue weighted by Gasteiger charge is 2.40. The van der Waals surface area contributed by atoms with Crippen molar-refractivity contribution in [2.24, 2.45) is 0 Å². The molecule has 2 aliphatic heterocycles. The van der Waals surface area contributed by atoms with Gasteiger partial charge in [-0.05, 0) is 42.7 Å². The van der Waals surface area contributed by atoms with Gasteiger partial charge in [0.25, 0.3) is 0 Å². The average Bonchev–Trinajstić information content (AvgIpc) is 3.00. The maximum atomic E-state index is 5.92. The lowest BCUT2D eigenvalue weighted by Crippen LogP contribution is -2.38. The fraction of sp³-hybridized carbons (Fsp3) is 0.667. The van der Waals surface area contributed by atoms with E-state index in [-0.39, 0.29) is 5.41 Å². The summed E-state index contributed by atoms with van der Waals surface area (Å²) in [5.74, 6) is 0. The molecule has 0 aliphatic carbocycles.